The van der Waals surface area contributed by atoms with Gasteiger partial charge in [0.05, 0.1) is 22.4 Å². The third-order valence-corrected chi connectivity index (χ3v) is 4.09. The fraction of sp³-hybridized carbons (Fsp3) is 0.235. The maximum absolute atomic E-state index is 13.6. The number of pyridine rings is 1. The molecule has 0 fully saturated rings. The van der Waals surface area contributed by atoms with Gasteiger partial charge in [0.25, 0.3) is 5.91 Å². The van der Waals surface area contributed by atoms with Crippen LogP contribution in [0.2, 0.25) is 0 Å². The van der Waals surface area contributed by atoms with Crippen molar-refractivity contribution in [3.8, 4) is 0 Å². The van der Waals surface area contributed by atoms with E-state index in [9.17, 15) is 22.8 Å². The minimum absolute atomic E-state index is 0.125. The summed E-state index contributed by atoms with van der Waals surface area (Å²) in [5.41, 5.74) is -0.186. The van der Waals surface area contributed by atoms with Crippen molar-refractivity contribution < 1.29 is 22.8 Å². The number of fused-ring (bicyclic) bond motifs is 1. The monoisotopic (exact) mass is 349 g/mol. The van der Waals surface area contributed by atoms with Gasteiger partial charge >= 0.3 is 0 Å². The molecule has 1 aromatic carbocycles. The number of halogens is 3. The smallest absolute Gasteiger partial charge is 0.253 e. The lowest BCUT2D eigenvalue weighted by Gasteiger charge is -2.13. The topological polar surface area (TPSA) is 71.1 Å². The summed E-state index contributed by atoms with van der Waals surface area (Å²) in [4.78, 5) is 28.2. The van der Waals surface area contributed by atoms with E-state index in [4.69, 9.17) is 0 Å². The number of hydrogen-bond donors (Lipinski definition) is 2. The number of nitrogens with one attached hydrogen (secondary N) is 2. The lowest BCUT2D eigenvalue weighted by Crippen LogP contribution is -2.27. The van der Waals surface area contributed by atoms with Gasteiger partial charge in [-0.25, -0.2) is 13.2 Å². The zero-order valence-corrected chi connectivity index (χ0v) is 13.4. The molecule has 1 aromatic heterocycles. The highest BCUT2D eigenvalue weighted by Crippen LogP contribution is 2.35. The van der Waals surface area contributed by atoms with E-state index in [-0.39, 0.29) is 11.5 Å². The number of rotatable bonds is 3. The van der Waals surface area contributed by atoms with Gasteiger partial charge in [0.15, 0.2) is 0 Å². The summed E-state index contributed by atoms with van der Waals surface area (Å²) in [7, 11) is 0. The summed E-state index contributed by atoms with van der Waals surface area (Å²) in [5, 5.41) is 4.98. The van der Waals surface area contributed by atoms with E-state index >= 15 is 0 Å². The van der Waals surface area contributed by atoms with Crippen molar-refractivity contribution >= 4 is 17.5 Å². The summed E-state index contributed by atoms with van der Waals surface area (Å²) < 4.78 is 40.0. The van der Waals surface area contributed by atoms with Gasteiger partial charge in [0, 0.05) is 30.4 Å². The van der Waals surface area contributed by atoms with Gasteiger partial charge in [-0.3, -0.25) is 14.6 Å². The van der Waals surface area contributed by atoms with Gasteiger partial charge in [0.1, 0.15) is 17.5 Å². The maximum atomic E-state index is 13.6. The van der Waals surface area contributed by atoms with Crippen molar-refractivity contribution in [3.63, 3.8) is 0 Å². The van der Waals surface area contributed by atoms with Crippen molar-refractivity contribution in [2.24, 2.45) is 0 Å². The lowest BCUT2D eigenvalue weighted by molar-refractivity contribution is -0.119. The molecule has 0 atom stereocenters. The molecule has 1 aliphatic heterocycles. The third kappa shape index (κ3) is 2.95. The number of anilines is 1. The normalized spacial score (nSPS) is 14.8. The standard InChI is InChI=1S/C17H14F3N3O2/c1-17(2)14-13(23-16(17)25)3-8(6-21-14)15(24)22-7-10-11(19)4-9(18)5-12(10)20/h3-6H,7H2,1-2H3,(H,22,24)(H,23,25). The molecule has 0 spiro atoms. The molecule has 0 radical (unpaired) electrons. The number of carbonyl (C=O) groups excluding carboxylic acids is 2. The second-order valence-electron chi connectivity index (χ2n) is 6.23. The van der Waals surface area contributed by atoms with Crippen LogP contribution in [0.1, 0.15) is 35.5 Å². The molecular weight excluding hydrogens is 335 g/mol. The molecule has 0 aliphatic carbocycles. The van der Waals surface area contributed by atoms with E-state index in [0.29, 0.717) is 23.5 Å². The Morgan fingerprint density at radius 1 is 1.20 bits per heavy atom. The summed E-state index contributed by atoms with van der Waals surface area (Å²) in [5.74, 6) is -4.07. The summed E-state index contributed by atoms with van der Waals surface area (Å²) >= 11 is 0. The van der Waals surface area contributed by atoms with Crippen LogP contribution in [0, 0.1) is 17.5 Å². The quantitative estimate of drug-likeness (QED) is 0.895. The Balaban J connectivity index is 1.78. The molecule has 0 saturated carbocycles. The minimum atomic E-state index is -1.08. The number of hydrogen-bond acceptors (Lipinski definition) is 3. The van der Waals surface area contributed by atoms with Crippen molar-refractivity contribution in [3.05, 3.63) is 58.7 Å². The molecule has 25 heavy (non-hydrogen) atoms. The van der Waals surface area contributed by atoms with E-state index in [1.165, 1.54) is 12.3 Å². The Kier molecular flexibility index (Phi) is 3.98. The van der Waals surface area contributed by atoms with E-state index < -0.39 is 40.9 Å². The summed E-state index contributed by atoms with van der Waals surface area (Å²) in [6, 6.07) is 2.53. The van der Waals surface area contributed by atoms with Crippen LogP contribution in [0.25, 0.3) is 0 Å². The van der Waals surface area contributed by atoms with Crippen LogP contribution >= 0.6 is 0 Å². The number of carbonyl (C=O) groups is 2. The van der Waals surface area contributed by atoms with Crippen molar-refractivity contribution in [2.75, 3.05) is 5.32 Å². The molecule has 0 saturated heterocycles. The first-order valence-corrected chi connectivity index (χ1v) is 7.43. The maximum Gasteiger partial charge on any atom is 0.253 e. The molecule has 1 aliphatic rings. The van der Waals surface area contributed by atoms with E-state index in [1.54, 1.807) is 13.8 Å². The molecule has 2 heterocycles. The van der Waals surface area contributed by atoms with Gasteiger partial charge in [0.2, 0.25) is 5.91 Å². The average Bonchev–Trinajstić information content (AvgIpc) is 2.75. The molecule has 2 amide bonds. The van der Waals surface area contributed by atoms with Crippen molar-refractivity contribution in [2.45, 2.75) is 25.8 Å². The van der Waals surface area contributed by atoms with Crippen LogP contribution in [-0.4, -0.2) is 16.8 Å². The van der Waals surface area contributed by atoms with Crippen LogP contribution in [-0.2, 0) is 16.8 Å². The molecule has 0 unspecified atom stereocenters. The highest BCUT2D eigenvalue weighted by molar-refractivity contribution is 6.06. The predicted molar refractivity (Wildman–Crippen MR) is 83.4 cm³/mol. The van der Waals surface area contributed by atoms with Crippen LogP contribution in [0.4, 0.5) is 18.9 Å². The third-order valence-electron chi connectivity index (χ3n) is 4.09. The Morgan fingerprint density at radius 2 is 1.84 bits per heavy atom. The highest BCUT2D eigenvalue weighted by Gasteiger charge is 2.40. The van der Waals surface area contributed by atoms with E-state index in [2.05, 4.69) is 15.6 Å². The number of nitrogens with zero attached hydrogens (tertiary/aromatic N) is 1. The average molecular weight is 349 g/mol. The van der Waals surface area contributed by atoms with E-state index in [0.717, 1.165) is 0 Å². The Morgan fingerprint density at radius 3 is 2.48 bits per heavy atom. The molecule has 0 bridgehead atoms. The second-order valence-corrected chi connectivity index (χ2v) is 6.23. The minimum Gasteiger partial charge on any atom is -0.348 e. The van der Waals surface area contributed by atoms with Crippen LogP contribution in [0.5, 0.6) is 0 Å². The van der Waals surface area contributed by atoms with Crippen LogP contribution < -0.4 is 10.6 Å². The van der Waals surface area contributed by atoms with Crippen LogP contribution in [0.3, 0.4) is 0 Å². The van der Waals surface area contributed by atoms with Crippen molar-refractivity contribution in [1.29, 1.82) is 0 Å². The Hall–Kier alpha value is -2.90. The molecule has 3 rings (SSSR count). The highest BCUT2D eigenvalue weighted by atomic mass is 19.1. The molecule has 8 heteroatoms. The number of amides is 2. The summed E-state index contributed by atoms with van der Waals surface area (Å²) in [6.45, 7) is 2.97. The molecular formula is C17H14F3N3O2. The fourth-order valence-corrected chi connectivity index (χ4v) is 2.58. The van der Waals surface area contributed by atoms with E-state index in [1.807, 2.05) is 0 Å². The zero-order valence-electron chi connectivity index (χ0n) is 13.4. The van der Waals surface area contributed by atoms with Gasteiger partial charge in [-0.1, -0.05) is 0 Å². The molecule has 130 valence electrons. The SMILES string of the molecule is CC1(C)C(=O)Nc2cc(C(=O)NCc3c(F)cc(F)cc3F)cnc21. The van der Waals surface area contributed by atoms with Gasteiger partial charge in [-0.2, -0.15) is 0 Å². The molecule has 2 aromatic rings. The second kappa shape index (κ2) is 5.87. The first-order valence-electron chi connectivity index (χ1n) is 7.43. The summed E-state index contributed by atoms with van der Waals surface area (Å²) in [6.07, 6.45) is 1.29. The Bertz CT molecular complexity index is 874. The largest absolute Gasteiger partial charge is 0.348 e. The van der Waals surface area contributed by atoms with Gasteiger partial charge < -0.3 is 10.6 Å². The van der Waals surface area contributed by atoms with Crippen molar-refractivity contribution in [1.82, 2.24) is 10.3 Å². The Labute approximate surface area is 141 Å². The first kappa shape index (κ1) is 16.9. The number of benzene rings is 1. The molecule has 5 nitrogen and oxygen atoms in total. The van der Waals surface area contributed by atoms with Crippen LogP contribution in [0.15, 0.2) is 24.4 Å². The predicted octanol–water partition coefficient (Wildman–Crippen LogP) is 2.66. The fourth-order valence-electron chi connectivity index (χ4n) is 2.58. The van der Waals surface area contributed by atoms with Gasteiger partial charge in [-0.15, -0.1) is 0 Å². The van der Waals surface area contributed by atoms with Gasteiger partial charge in [-0.05, 0) is 19.9 Å². The first-order chi connectivity index (χ1) is 11.7. The number of aromatic nitrogens is 1. The zero-order chi connectivity index (χ0) is 18.4. The molecule has 2 N–H and O–H groups in total. The lowest BCUT2D eigenvalue weighted by atomic mass is 9.90.